The van der Waals surface area contributed by atoms with Crippen molar-refractivity contribution in [1.82, 2.24) is 9.55 Å². The van der Waals surface area contributed by atoms with E-state index in [0.717, 1.165) is 24.4 Å². The van der Waals surface area contributed by atoms with Crippen molar-refractivity contribution in [1.29, 1.82) is 0 Å². The van der Waals surface area contributed by atoms with E-state index in [-0.39, 0.29) is 5.82 Å². The van der Waals surface area contributed by atoms with Crippen LogP contribution in [0.3, 0.4) is 0 Å². The Bertz CT molecular complexity index is 531. The lowest BCUT2D eigenvalue weighted by atomic mass is 10.2. The second-order valence-corrected chi connectivity index (χ2v) is 4.12. The first-order chi connectivity index (χ1) is 8.11. The third-order valence-electron chi connectivity index (χ3n) is 2.63. The van der Waals surface area contributed by atoms with Crippen LogP contribution in [0.25, 0.3) is 5.69 Å². The van der Waals surface area contributed by atoms with Crippen LogP contribution in [-0.2, 0) is 6.42 Å². The minimum Gasteiger partial charge on any atom is -0.397 e. The lowest BCUT2D eigenvalue weighted by molar-refractivity contribution is 0.626. The Balaban J connectivity index is 2.55. The van der Waals surface area contributed by atoms with Gasteiger partial charge >= 0.3 is 0 Å². The topological polar surface area (TPSA) is 43.8 Å². The van der Waals surface area contributed by atoms with Gasteiger partial charge in [-0.05, 0) is 31.5 Å². The fourth-order valence-corrected chi connectivity index (χ4v) is 1.88. The normalized spacial score (nSPS) is 10.8. The van der Waals surface area contributed by atoms with Gasteiger partial charge in [-0.3, -0.25) is 0 Å². The molecule has 2 N–H and O–H groups in total. The molecule has 0 spiro atoms. The molecule has 0 fully saturated rings. The van der Waals surface area contributed by atoms with Crippen molar-refractivity contribution in [3.8, 4) is 5.69 Å². The number of aromatic nitrogens is 2. The highest BCUT2D eigenvalue weighted by Gasteiger charge is 2.10. The van der Waals surface area contributed by atoms with E-state index in [1.165, 1.54) is 12.1 Å². The Hall–Kier alpha value is -1.84. The predicted molar refractivity (Wildman–Crippen MR) is 66.7 cm³/mol. The van der Waals surface area contributed by atoms with Gasteiger partial charge < -0.3 is 10.3 Å². The van der Waals surface area contributed by atoms with E-state index < -0.39 is 0 Å². The number of nitrogen functional groups attached to an aromatic ring is 1. The van der Waals surface area contributed by atoms with Gasteiger partial charge in [-0.2, -0.15) is 0 Å². The second-order valence-electron chi connectivity index (χ2n) is 4.12. The van der Waals surface area contributed by atoms with Crippen LogP contribution in [0.2, 0.25) is 0 Å². The molecule has 2 aromatic rings. The molecule has 1 aromatic carbocycles. The van der Waals surface area contributed by atoms with Crippen LogP contribution < -0.4 is 5.73 Å². The first-order valence-electron chi connectivity index (χ1n) is 5.72. The molecule has 3 nitrogen and oxygen atoms in total. The summed E-state index contributed by atoms with van der Waals surface area (Å²) in [5, 5.41) is 0. The summed E-state index contributed by atoms with van der Waals surface area (Å²) >= 11 is 0. The minimum atomic E-state index is -0.289. The highest BCUT2D eigenvalue weighted by atomic mass is 19.1. The number of rotatable bonds is 3. The molecule has 2 rings (SSSR count). The lowest BCUT2D eigenvalue weighted by Gasteiger charge is -2.10. The largest absolute Gasteiger partial charge is 0.397 e. The molecule has 0 aliphatic carbocycles. The summed E-state index contributed by atoms with van der Waals surface area (Å²) in [4.78, 5) is 4.43. The molecule has 4 heteroatoms. The monoisotopic (exact) mass is 233 g/mol. The number of nitrogens with two attached hydrogens (primary N) is 1. The van der Waals surface area contributed by atoms with Crippen LogP contribution in [0.5, 0.6) is 0 Å². The summed E-state index contributed by atoms with van der Waals surface area (Å²) in [7, 11) is 0. The summed E-state index contributed by atoms with van der Waals surface area (Å²) in [5.41, 5.74) is 8.01. The van der Waals surface area contributed by atoms with Gasteiger partial charge in [0.15, 0.2) is 0 Å². The van der Waals surface area contributed by atoms with Crippen LogP contribution in [-0.4, -0.2) is 9.55 Å². The minimum absolute atomic E-state index is 0.289. The van der Waals surface area contributed by atoms with Gasteiger partial charge in [-0.1, -0.05) is 6.92 Å². The number of nitrogens with zero attached hydrogens (tertiary/aromatic N) is 2. The maximum absolute atomic E-state index is 13.3. The summed E-state index contributed by atoms with van der Waals surface area (Å²) in [5.74, 6) is 0.630. The molecule has 0 bridgehead atoms. The van der Waals surface area contributed by atoms with E-state index in [9.17, 15) is 4.39 Å². The van der Waals surface area contributed by atoms with Gasteiger partial charge in [-0.25, -0.2) is 9.37 Å². The Kier molecular flexibility index (Phi) is 3.13. The fraction of sp³-hybridized carbons (Fsp3) is 0.308. The molecule has 1 heterocycles. The molecule has 0 unspecified atom stereocenters. The quantitative estimate of drug-likeness (QED) is 0.828. The average Bonchev–Trinajstić information content (AvgIpc) is 2.64. The molecule has 0 saturated heterocycles. The highest BCUT2D eigenvalue weighted by molar-refractivity contribution is 5.58. The summed E-state index contributed by atoms with van der Waals surface area (Å²) in [6.07, 6.45) is 3.73. The molecule has 0 radical (unpaired) electrons. The van der Waals surface area contributed by atoms with E-state index in [2.05, 4.69) is 11.9 Å². The fourth-order valence-electron chi connectivity index (χ4n) is 1.88. The molecule has 90 valence electrons. The average molecular weight is 233 g/mol. The summed E-state index contributed by atoms with van der Waals surface area (Å²) in [6, 6.07) is 4.38. The van der Waals surface area contributed by atoms with Gasteiger partial charge in [0.2, 0.25) is 0 Å². The van der Waals surface area contributed by atoms with Crippen LogP contribution in [0.4, 0.5) is 10.1 Å². The zero-order chi connectivity index (χ0) is 12.4. The van der Waals surface area contributed by atoms with Crippen LogP contribution in [0.1, 0.15) is 24.9 Å². The molecule has 0 aliphatic heterocycles. The van der Waals surface area contributed by atoms with Crippen LogP contribution in [0, 0.1) is 12.7 Å². The standard InChI is InChI=1S/C13H16FN3/c1-3-4-13-16-9(2)8-17(13)12-7-10(14)5-6-11(12)15/h5-8H,3-4,15H2,1-2H3. The second kappa shape index (κ2) is 4.57. The molecular weight excluding hydrogens is 217 g/mol. The predicted octanol–water partition coefficient (Wildman–Crippen LogP) is 2.85. The third kappa shape index (κ3) is 2.30. The van der Waals surface area contributed by atoms with Gasteiger partial charge in [0.05, 0.1) is 17.1 Å². The van der Waals surface area contributed by atoms with Gasteiger partial charge in [0, 0.05) is 12.6 Å². The van der Waals surface area contributed by atoms with E-state index in [1.54, 1.807) is 6.07 Å². The zero-order valence-corrected chi connectivity index (χ0v) is 10.1. The lowest BCUT2D eigenvalue weighted by Crippen LogP contribution is -2.04. The molecule has 1 aromatic heterocycles. The van der Waals surface area contributed by atoms with Gasteiger partial charge in [-0.15, -0.1) is 0 Å². The number of anilines is 1. The highest BCUT2D eigenvalue weighted by Crippen LogP contribution is 2.21. The first-order valence-corrected chi connectivity index (χ1v) is 5.72. The Labute approximate surface area is 100 Å². The van der Waals surface area contributed by atoms with E-state index in [1.807, 2.05) is 17.7 Å². The molecule has 0 aliphatic rings. The van der Waals surface area contributed by atoms with E-state index in [4.69, 9.17) is 5.73 Å². The maximum atomic E-state index is 13.3. The third-order valence-corrected chi connectivity index (χ3v) is 2.63. The number of aryl methyl sites for hydroxylation is 2. The van der Waals surface area contributed by atoms with Crippen molar-refractivity contribution in [2.45, 2.75) is 26.7 Å². The Morgan fingerprint density at radius 2 is 2.18 bits per heavy atom. The van der Waals surface area contributed by atoms with Crippen LogP contribution in [0.15, 0.2) is 24.4 Å². The van der Waals surface area contributed by atoms with Crippen molar-refractivity contribution >= 4 is 5.69 Å². The molecule has 17 heavy (non-hydrogen) atoms. The van der Waals surface area contributed by atoms with Crippen molar-refractivity contribution in [3.63, 3.8) is 0 Å². The van der Waals surface area contributed by atoms with Gasteiger partial charge in [0.1, 0.15) is 11.6 Å². The SMILES string of the molecule is CCCc1nc(C)cn1-c1cc(F)ccc1N. The maximum Gasteiger partial charge on any atom is 0.125 e. The number of hydrogen-bond donors (Lipinski definition) is 1. The Morgan fingerprint density at radius 3 is 2.88 bits per heavy atom. The van der Waals surface area contributed by atoms with Crippen molar-refractivity contribution in [2.24, 2.45) is 0 Å². The van der Waals surface area contributed by atoms with Gasteiger partial charge in [0.25, 0.3) is 0 Å². The first kappa shape index (κ1) is 11.6. The van der Waals surface area contributed by atoms with E-state index >= 15 is 0 Å². The molecular formula is C13H16FN3. The number of hydrogen-bond acceptors (Lipinski definition) is 2. The van der Waals surface area contributed by atoms with E-state index in [0.29, 0.717) is 11.4 Å². The number of halogens is 1. The number of benzene rings is 1. The number of imidazole rings is 1. The van der Waals surface area contributed by atoms with Crippen molar-refractivity contribution in [2.75, 3.05) is 5.73 Å². The van der Waals surface area contributed by atoms with Crippen molar-refractivity contribution < 1.29 is 4.39 Å². The smallest absolute Gasteiger partial charge is 0.125 e. The molecule has 0 amide bonds. The molecule has 0 atom stereocenters. The van der Waals surface area contributed by atoms with Crippen LogP contribution >= 0.6 is 0 Å². The molecule has 0 saturated carbocycles. The van der Waals surface area contributed by atoms with Crippen molar-refractivity contribution in [3.05, 3.63) is 41.7 Å². The Morgan fingerprint density at radius 1 is 1.41 bits per heavy atom. The summed E-state index contributed by atoms with van der Waals surface area (Å²) in [6.45, 7) is 4.01. The summed E-state index contributed by atoms with van der Waals surface area (Å²) < 4.78 is 15.1. The zero-order valence-electron chi connectivity index (χ0n) is 10.1.